The fraction of sp³-hybridized carbons (Fsp3) is 0.188. The van der Waals surface area contributed by atoms with Crippen molar-refractivity contribution >= 4 is 62.1 Å². The highest BCUT2D eigenvalue weighted by Gasteiger charge is 2.28. The molecule has 1 heterocycles. The van der Waals surface area contributed by atoms with Crippen molar-refractivity contribution in [2.24, 2.45) is 0 Å². The first kappa shape index (κ1) is 18.3. The Kier molecular flexibility index (Phi) is 5.16. The lowest BCUT2D eigenvalue weighted by atomic mass is 10.2. The first-order valence-electron chi connectivity index (χ1n) is 7.34. The number of nitrogens with one attached hydrogen (secondary N) is 1. The van der Waals surface area contributed by atoms with Gasteiger partial charge in [0.15, 0.2) is 0 Å². The number of hydrogen-bond donors (Lipinski definition) is 1. The largest absolute Gasteiger partial charge is 0.321 e. The van der Waals surface area contributed by atoms with Gasteiger partial charge >= 0.3 is 0 Å². The summed E-state index contributed by atoms with van der Waals surface area (Å²) in [5.74, 6) is -0.341. The molecule has 1 amide bonds. The van der Waals surface area contributed by atoms with Crippen LogP contribution in [0.2, 0.25) is 15.1 Å². The second kappa shape index (κ2) is 7.03. The smallest absolute Gasteiger partial charge is 0.257 e. The lowest BCUT2D eigenvalue weighted by Gasteiger charge is -2.18. The molecule has 0 radical (unpaired) electrons. The van der Waals surface area contributed by atoms with Crippen molar-refractivity contribution in [1.82, 2.24) is 0 Å². The zero-order valence-electron chi connectivity index (χ0n) is 12.8. The standard InChI is InChI=1S/C16H13Cl3N2O3S/c17-10-2-4-13(18)12(8-10)16(22)20-15-5-3-11(9-14(15)19)21-6-1-7-25(21,23)24/h2-5,8-9H,1,6-7H2,(H,20,22). The Balaban J connectivity index is 1.84. The molecule has 2 aromatic carbocycles. The number of nitrogens with zero attached hydrogens (tertiary/aromatic N) is 1. The summed E-state index contributed by atoms with van der Waals surface area (Å²) in [4.78, 5) is 12.4. The minimum atomic E-state index is -3.29. The van der Waals surface area contributed by atoms with Crippen LogP contribution in [0.15, 0.2) is 36.4 Å². The minimum Gasteiger partial charge on any atom is -0.321 e. The van der Waals surface area contributed by atoms with Gasteiger partial charge in [0.1, 0.15) is 0 Å². The molecular formula is C16H13Cl3N2O3S. The summed E-state index contributed by atoms with van der Waals surface area (Å²) in [5, 5.41) is 3.53. The molecule has 0 bridgehead atoms. The lowest BCUT2D eigenvalue weighted by Crippen LogP contribution is -2.25. The molecule has 0 unspecified atom stereocenters. The molecule has 0 spiro atoms. The van der Waals surface area contributed by atoms with Crippen LogP contribution in [0.1, 0.15) is 16.8 Å². The SMILES string of the molecule is O=C(Nc1ccc(N2CCCS2(=O)=O)cc1Cl)c1cc(Cl)ccc1Cl. The Hall–Kier alpha value is -1.47. The van der Waals surface area contributed by atoms with Gasteiger partial charge in [0.05, 0.1) is 32.7 Å². The van der Waals surface area contributed by atoms with Crippen LogP contribution in [0.5, 0.6) is 0 Å². The van der Waals surface area contributed by atoms with Gasteiger partial charge in [0.2, 0.25) is 10.0 Å². The van der Waals surface area contributed by atoms with Crippen LogP contribution in [-0.2, 0) is 10.0 Å². The molecule has 5 nitrogen and oxygen atoms in total. The van der Waals surface area contributed by atoms with Crippen LogP contribution in [0.3, 0.4) is 0 Å². The van der Waals surface area contributed by atoms with E-state index in [1.54, 1.807) is 18.2 Å². The van der Waals surface area contributed by atoms with E-state index in [1.165, 1.54) is 22.5 Å². The maximum Gasteiger partial charge on any atom is 0.257 e. The van der Waals surface area contributed by atoms with Gasteiger partial charge in [-0.15, -0.1) is 0 Å². The normalized spacial score (nSPS) is 16.0. The maximum atomic E-state index is 12.4. The van der Waals surface area contributed by atoms with Crippen LogP contribution in [0, 0.1) is 0 Å². The van der Waals surface area contributed by atoms with Gasteiger partial charge in [-0.1, -0.05) is 34.8 Å². The molecule has 1 N–H and O–H groups in total. The van der Waals surface area contributed by atoms with E-state index in [4.69, 9.17) is 34.8 Å². The maximum absolute atomic E-state index is 12.4. The number of rotatable bonds is 3. The number of benzene rings is 2. The van der Waals surface area contributed by atoms with Crippen LogP contribution in [0.25, 0.3) is 0 Å². The Morgan fingerprint density at radius 1 is 1.04 bits per heavy atom. The molecule has 0 atom stereocenters. The molecule has 1 aliphatic heterocycles. The van der Waals surface area contributed by atoms with Crippen molar-refractivity contribution in [1.29, 1.82) is 0 Å². The highest BCUT2D eigenvalue weighted by atomic mass is 35.5. The summed E-state index contributed by atoms with van der Waals surface area (Å²) < 4.78 is 25.3. The Morgan fingerprint density at radius 3 is 2.44 bits per heavy atom. The van der Waals surface area contributed by atoms with Crippen molar-refractivity contribution in [2.75, 3.05) is 21.9 Å². The number of anilines is 2. The molecular weight excluding hydrogens is 407 g/mol. The first-order chi connectivity index (χ1) is 11.8. The number of carbonyl (C=O) groups excluding carboxylic acids is 1. The van der Waals surface area contributed by atoms with Crippen LogP contribution >= 0.6 is 34.8 Å². The number of halogens is 3. The van der Waals surface area contributed by atoms with E-state index in [0.717, 1.165) is 0 Å². The van der Waals surface area contributed by atoms with Gasteiger partial charge in [-0.2, -0.15) is 0 Å². The second-order valence-corrected chi connectivity index (χ2v) is 8.75. The van der Waals surface area contributed by atoms with Gasteiger partial charge < -0.3 is 5.32 Å². The minimum absolute atomic E-state index is 0.121. The summed E-state index contributed by atoms with van der Waals surface area (Å²) in [6.45, 7) is 0.419. The predicted octanol–water partition coefficient (Wildman–Crippen LogP) is 4.44. The second-order valence-electron chi connectivity index (χ2n) is 5.48. The van der Waals surface area contributed by atoms with Crippen molar-refractivity contribution < 1.29 is 13.2 Å². The molecule has 132 valence electrons. The topological polar surface area (TPSA) is 66.5 Å². The van der Waals surface area contributed by atoms with Gasteiger partial charge in [-0.25, -0.2) is 8.42 Å². The summed E-state index contributed by atoms with van der Waals surface area (Å²) in [7, 11) is -3.29. The molecule has 2 aromatic rings. The molecule has 1 fully saturated rings. The van der Waals surface area contributed by atoms with Crippen molar-refractivity contribution in [3.05, 3.63) is 57.0 Å². The number of hydrogen-bond acceptors (Lipinski definition) is 3. The number of sulfonamides is 1. The van der Waals surface area contributed by atoms with E-state index in [1.807, 2.05) is 0 Å². The van der Waals surface area contributed by atoms with Crippen molar-refractivity contribution in [3.8, 4) is 0 Å². The molecule has 9 heteroatoms. The monoisotopic (exact) mass is 418 g/mol. The molecule has 1 saturated heterocycles. The third-order valence-corrected chi connectivity index (χ3v) is 6.51. The number of carbonyl (C=O) groups is 1. The summed E-state index contributed by atoms with van der Waals surface area (Å²) in [6.07, 6.45) is 0.575. The molecule has 1 aliphatic rings. The highest BCUT2D eigenvalue weighted by Crippen LogP contribution is 2.32. The van der Waals surface area contributed by atoms with Gasteiger partial charge in [0, 0.05) is 11.6 Å². The van der Waals surface area contributed by atoms with Crippen molar-refractivity contribution in [3.63, 3.8) is 0 Å². The van der Waals surface area contributed by atoms with Crippen LogP contribution in [-0.4, -0.2) is 26.6 Å². The van der Waals surface area contributed by atoms with E-state index in [9.17, 15) is 13.2 Å². The van der Waals surface area contributed by atoms with Crippen molar-refractivity contribution in [2.45, 2.75) is 6.42 Å². The molecule has 0 saturated carbocycles. The fourth-order valence-electron chi connectivity index (χ4n) is 2.55. The molecule has 0 aromatic heterocycles. The van der Waals surface area contributed by atoms with Gasteiger partial charge in [-0.05, 0) is 42.8 Å². The Labute approximate surface area is 160 Å². The van der Waals surface area contributed by atoms with E-state index >= 15 is 0 Å². The zero-order chi connectivity index (χ0) is 18.2. The lowest BCUT2D eigenvalue weighted by molar-refractivity contribution is 0.102. The quantitative estimate of drug-likeness (QED) is 0.800. The van der Waals surface area contributed by atoms with E-state index in [2.05, 4.69) is 5.32 Å². The molecule has 0 aliphatic carbocycles. The first-order valence-corrected chi connectivity index (χ1v) is 10.1. The van der Waals surface area contributed by atoms with E-state index < -0.39 is 15.9 Å². The highest BCUT2D eigenvalue weighted by molar-refractivity contribution is 7.93. The zero-order valence-corrected chi connectivity index (χ0v) is 15.9. The average Bonchev–Trinajstić information content (AvgIpc) is 2.91. The number of amides is 1. The Morgan fingerprint density at radius 2 is 1.80 bits per heavy atom. The average molecular weight is 420 g/mol. The predicted molar refractivity (Wildman–Crippen MR) is 102 cm³/mol. The van der Waals surface area contributed by atoms with Gasteiger partial charge in [0.25, 0.3) is 5.91 Å². The Bertz CT molecular complexity index is 948. The van der Waals surface area contributed by atoms with Gasteiger partial charge in [-0.3, -0.25) is 9.10 Å². The third-order valence-electron chi connectivity index (χ3n) is 3.76. The van der Waals surface area contributed by atoms with E-state index in [0.29, 0.717) is 29.4 Å². The van der Waals surface area contributed by atoms with Crippen LogP contribution in [0.4, 0.5) is 11.4 Å². The third kappa shape index (κ3) is 3.87. The molecule has 3 rings (SSSR count). The van der Waals surface area contributed by atoms with E-state index in [-0.39, 0.29) is 21.4 Å². The summed E-state index contributed by atoms with van der Waals surface area (Å²) in [5.41, 5.74) is 1.04. The molecule has 25 heavy (non-hydrogen) atoms. The summed E-state index contributed by atoms with van der Waals surface area (Å²) >= 11 is 18.1. The van der Waals surface area contributed by atoms with Crippen LogP contribution < -0.4 is 9.62 Å². The summed E-state index contributed by atoms with van der Waals surface area (Å²) in [6, 6.07) is 9.24. The fourth-order valence-corrected chi connectivity index (χ4v) is 4.71.